The van der Waals surface area contributed by atoms with E-state index in [1.807, 2.05) is 4.72 Å². The van der Waals surface area contributed by atoms with Crippen LogP contribution in [-0.4, -0.2) is 30.0 Å². The van der Waals surface area contributed by atoms with Crippen LogP contribution >= 0.6 is 0 Å². The van der Waals surface area contributed by atoms with Crippen LogP contribution in [0, 0.1) is 5.82 Å². The maximum absolute atomic E-state index is 14.4. The van der Waals surface area contributed by atoms with Crippen molar-refractivity contribution in [1.82, 2.24) is 19.7 Å². The molecule has 0 aliphatic rings. The topological polar surface area (TPSA) is 112 Å². The molecule has 0 unspecified atom stereocenters. The zero-order chi connectivity index (χ0) is 18.9. The van der Waals surface area contributed by atoms with Gasteiger partial charge in [-0.2, -0.15) is 21.9 Å². The normalized spacial score (nSPS) is 12.0. The first-order chi connectivity index (χ1) is 12.2. The molecule has 0 atom stereocenters. The number of nitrogens with one attached hydrogen (secondary N) is 1. The molecule has 138 valence electrons. The van der Waals surface area contributed by atoms with Crippen molar-refractivity contribution in [1.29, 1.82) is 0 Å². The number of nitrogens with zero attached hydrogens (tertiary/aromatic N) is 3. The van der Waals surface area contributed by atoms with E-state index in [-0.39, 0.29) is 23.5 Å². The van der Waals surface area contributed by atoms with Gasteiger partial charge >= 0.3 is 6.61 Å². The minimum absolute atomic E-state index is 0.0504. The van der Waals surface area contributed by atoms with Crippen molar-refractivity contribution in [3.63, 3.8) is 0 Å². The molecule has 1 aromatic heterocycles. The van der Waals surface area contributed by atoms with Crippen LogP contribution in [0.5, 0.6) is 5.75 Å². The van der Waals surface area contributed by atoms with E-state index in [1.165, 1.54) is 35.0 Å². The van der Waals surface area contributed by atoms with Crippen molar-refractivity contribution < 1.29 is 26.3 Å². The molecule has 8 nitrogen and oxygen atoms in total. The summed E-state index contributed by atoms with van der Waals surface area (Å²) in [5.41, 5.74) is 1.01. The van der Waals surface area contributed by atoms with Gasteiger partial charge in [0.25, 0.3) is 10.2 Å². The van der Waals surface area contributed by atoms with Crippen LogP contribution in [0.3, 0.4) is 0 Å². The van der Waals surface area contributed by atoms with Crippen molar-refractivity contribution in [2.75, 3.05) is 0 Å². The zero-order valence-corrected chi connectivity index (χ0v) is 13.8. The predicted octanol–water partition coefficient (Wildman–Crippen LogP) is 1.45. The third-order valence-electron chi connectivity index (χ3n) is 3.36. The van der Waals surface area contributed by atoms with Crippen LogP contribution in [0.1, 0.15) is 5.56 Å². The van der Waals surface area contributed by atoms with E-state index in [9.17, 15) is 21.6 Å². The quantitative estimate of drug-likeness (QED) is 0.665. The second-order valence-corrected chi connectivity index (χ2v) is 6.56. The number of fused-ring (bicyclic) bond motifs is 1. The summed E-state index contributed by atoms with van der Waals surface area (Å²) >= 11 is 0. The lowest BCUT2D eigenvalue weighted by Gasteiger charge is -2.08. The van der Waals surface area contributed by atoms with Gasteiger partial charge in [-0.25, -0.2) is 14.2 Å². The van der Waals surface area contributed by atoms with Crippen LogP contribution in [0.4, 0.5) is 13.2 Å². The third-order valence-corrected chi connectivity index (χ3v) is 3.91. The molecule has 0 amide bonds. The van der Waals surface area contributed by atoms with Crippen molar-refractivity contribution >= 4 is 21.2 Å². The number of ether oxygens (including phenoxy) is 1. The number of hydrogen-bond donors (Lipinski definition) is 2. The van der Waals surface area contributed by atoms with E-state index in [0.29, 0.717) is 11.1 Å². The first-order valence-electron chi connectivity index (χ1n) is 7.09. The molecule has 0 saturated heterocycles. The number of nitrogens with two attached hydrogens (primary N) is 1. The van der Waals surface area contributed by atoms with Crippen molar-refractivity contribution in [2.45, 2.75) is 13.2 Å². The van der Waals surface area contributed by atoms with Gasteiger partial charge in [-0.3, -0.25) is 0 Å². The summed E-state index contributed by atoms with van der Waals surface area (Å²) in [5.74, 6) is -0.775. The molecule has 1 heterocycles. The van der Waals surface area contributed by atoms with Crippen molar-refractivity contribution in [3.8, 4) is 11.4 Å². The highest BCUT2D eigenvalue weighted by Crippen LogP contribution is 2.24. The molecular weight excluding hydrogens is 375 g/mol. The highest BCUT2D eigenvalue weighted by atomic mass is 32.2. The lowest BCUT2D eigenvalue weighted by molar-refractivity contribution is -0.0497. The Bertz CT molecular complexity index is 1060. The highest BCUT2D eigenvalue weighted by Gasteiger charge is 2.14. The van der Waals surface area contributed by atoms with Gasteiger partial charge in [-0.1, -0.05) is 11.3 Å². The molecule has 0 fully saturated rings. The van der Waals surface area contributed by atoms with Crippen LogP contribution in [-0.2, 0) is 16.8 Å². The maximum Gasteiger partial charge on any atom is 0.387 e. The van der Waals surface area contributed by atoms with Crippen molar-refractivity contribution in [3.05, 3.63) is 47.8 Å². The average Bonchev–Trinajstić information content (AvgIpc) is 2.95. The van der Waals surface area contributed by atoms with Gasteiger partial charge in [0.2, 0.25) is 0 Å². The molecule has 0 spiro atoms. The van der Waals surface area contributed by atoms with Crippen LogP contribution in [0.2, 0.25) is 0 Å². The Hall–Kier alpha value is -2.70. The highest BCUT2D eigenvalue weighted by molar-refractivity contribution is 7.87. The minimum Gasteiger partial charge on any atom is -0.435 e. The van der Waals surface area contributed by atoms with Gasteiger partial charge < -0.3 is 4.74 Å². The molecule has 12 heteroatoms. The molecule has 0 aliphatic heterocycles. The molecular formula is C14H12F3N5O3S. The Kier molecular flexibility index (Phi) is 4.80. The summed E-state index contributed by atoms with van der Waals surface area (Å²) in [6.45, 7) is -3.15. The summed E-state index contributed by atoms with van der Waals surface area (Å²) in [6, 6.07) is 7.95. The maximum atomic E-state index is 14.4. The summed E-state index contributed by atoms with van der Waals surface area (Å²) in [7, 11) is -3.90. The van der Waals surface area contributed by atoms with E-state index in [0.717, 1.165) is 6.07 Å². The monoisotopic (exact) mass is 387 g/mol. The van der Waals surface area contributed by atoms with E-state index < -0.39 is 22.6 Å². The number of rotatable bonds is 6. The van der Waals surface area contributed by atoms with Gasteiger partial charge in [0.05, 0.1) is 5.52 Å². The van der Waals surface area contributed by atoms with Crippen LogP contribution in [0.15, 0.2) is 36.4 Å². The number of benzene rings is 2. The smallest absolute Gasteiger partial charge is 0.387 e. The van der Waals surface area contributed by atoms with Gasteiger partial charge in [0.1, 0.15) is 22.8 Å². The average molecular weight is 387 g/mol. The standard InChI is InChI=1S/C14H12F3N5O3S/c15-10-5-8(7-19-26(18,23)24)1-3-12(10)22-13-4-2-9(25-14(16)17)6-11(13)20-21-22/h1-6,14,19H,7H2,(H2,18,23,24). The Morgan fingerprint density at radius 2 is 2.00 bits per heavy atom. The molecule has 0 bridgehead atoms. The molecule has 3 N–H and O–H groups in total. The fourth-order valence-corrected chi connectivity index (χ4v) is 2.64. The number of alkyl halides is 2. The van der Waals surface area contributed by atoms with Crippen LogP contribution < -0.4 is 14.6 Å². The Morgan fingerprint density at radius 1 is 1.23 bits per heavy atom. The lowest BCUT2D eigenvalue weighted by Crippen LogP contribution is -2.30. The molecule has 2 aromatic carbocycles. The lowest BCUT2D eigenvalue weighted by atomic mass is 10.2. The molecule has 0 aliphatic carbocycles. The van der Waals surface area contributed by atoms with E-state index >= 15 is 0 Å². The summed E-state index contributed by atoms with van der Waals surface area (Å²) < 4.78 is 68.2. The van der Waals surface area contributed by atoms with E-state index in [2.05, 4.69) is 15.0 Å². The summed E-state index contributed by atoms with van der Waals surface area (Å²) in [6.07, 6.45) is 0. The fourth-order valence-electron chi connectivity index (χ4n) is 2.27. The first kappa shape index (κ1) is 18.1. The summed E-state index contributed by atoms with van der Waals surface area (Å²) in [4.78, 5) is 0. The van der Waals surface area contributed by atoms with Gasteiger partial charge in [0.15, 0.2) is 0 Å². The predicted molar refractivity (Wildman–Crippen MR) is 85.4 cm³/mol. The second kappa shape index (κ2) is 6.90. The fraction of sp³-hybridized carbons (Fsp3) is 0.143. The van der Waals surface area contributed by atoms with Gasteiger partial charge in [-0.05, 0) is 29.8 Å². The Balaban J connectivity index is 1.91. The first-order valence-corrected chi connectivity index (χ1v) is 8.64. The molecule has 3 rings (SSSR count). The Morgan fingerprint density at radius 3 is 2.65 bits per heavy atom. The molecule has 0 saturated carbocycles. The van der Waals surface area contributed by atoms with E-state index in [4.69, 9.17) is 5.14 Å². The third kappa shape index (κ3) is 4.09. The number of halogens is 3. The van der Waals surface area contributed by atoms with Crippen LogP contribution in [0.25, 0.3) is 16.7 Å². The number of hydrogen-bond acceptors (Lipinski definition) is 5. The number of aromatic nitrogens is 3. The van der Waals surface area contributed by atoms with Gasteiger partial charge in [0, 0.05) is 12.6 Å². The molecule has 3 aromatic rings. The zero-order valence-electron chi connectivity index (χ0n) is 12.9. The second-order valence-electron chi connectivity index (χ2n) is 5.18. The molecule has 0 radical (unpaired) electrons. The molecule has 26 heavy (non-hydrogen) atoms. The minimum atomic E-state index is -3.90. The van der Waals surface area contributed by atoms with Crippen molar-refractivity contribution in [2.24, 2.45) is 5.14 Å². The largest absolute Gasteiger partial charge is 0.435 e. The Labute approximate surface area is 145 Å². The SMILES string of the molecule is NS(=O)(=O)NCc1ccc(-n2nnc3cc(OC(F)F)ccc32)c(F)c1. The van der Waals surface area contributed by atoms with Gasteiger partial charge in [-0.15, -0.1) is 5.10 Å². The van der Waals surface area contributed by atoms with E-state index in [1.54, 1.807) is 0 Å². The summed E-state index contributed by atoms with van der Waals surface area (Å²) in [5, 5.41) is 12.4.